The number of hydrogen-bond donors (Lipinski definition) is 1. The summed E-state index contributed by atoms with van der Waals surface area (Å²) in [5.41, 5.74) is 7.59. The van der Waals surface area contributed by atoms with Crippen LogP contribution in [0.4, 0.5) is 13.2 Å². The van der Waals surface area contributed by atoms with Crippen LogP contribution in [0.25, 0.3) is 16.0 Å². The number of alkyl halides is 3. The van der Waals surface area contributed by atoms with E-state index in [0.29, 0.717) is 17.1 Å². The van der Waals surface area contributed by atoms with Crippen LogP contribution < -0.4 is 0 Å². The maximum absolute atomic E-state index is 16.2. The maximum Gasteiger partial charge on any atom is 0.271 e. The Morgan fingerprint density at radius 2 is 1.51 bits per heavy atom. The van der Waals surface area contributed by atoms with Crippen molar-refractivity contribution < 1.29 is 13.2 Å². The minimum absolute atomic E-state index is 0.0421. The van der Waals surface area contributed by atoms with E-state index in [4.69, 9.17) is 0 Å². The smallest absolute Gasteiger partial charge is 0.246 e. The molecule has 1 aromatic heterocycles. The normalized spacial score (nSPS) is 21.1. The number of allylic oxidation sites excluding steroid dienone is 9. The second-order valence-electron chi connectivity index (χ2n) is 13.3. The van der Waals surface area contributed by atoms with Crippen LogP contribution in [0.5, 0.6) is 0 Å². The Morgan fingerprint density at radius 1 is 0.918 bits per heavy atom. The number of benzene rings is 3. The van der Waals surface area contributed by atoms with Crippen molar-refractivity contribution in [2.24, 2.45) is 5.92 Å². The molecule has 0 spiro atoms. The fraction of sp³-hybridized carbons (Fsp3) is 0.273. The highest BCUT2D eigenvalue weighted by molar-refractivity contribution is 7.83. The quantitative estimate of drug-likeness (QED) is 0.175. The molecule has 0 nitrogen and oxygen atoms in total. The van der Waals surface area contributed by atoms with Crippen LogP contribution in [0.3, 0.4) is 0 Å². The first kappa shape index (κ1) is 35.0. The zero-order chi connectivity index (χ0) is 34.9. The van der Waals surface area contributed by atoms with Crippen molar-refractivity contribution in [3.05, 3.63) is 169 Å². The Kier molecular flexibility index (Phi) is 10.2. The molecule has 0 amide bonds. The zero-order valence-corrected chi connectivity index (χ0v) is 30.5. The number of halogens is 3. The molecule has 3 aromatic carbocycles. The van der Waals surface area contributed by atoms with Crippen LogP contribution in [-0.4, -0.2) is 12.6 Å². The van der Waals surface area contributed by atoms with Crippen LogP contribution in [0, 0.1) is 12.8 Å². The number of thiol groups is 1. The zero-order valence-electron chi connectivity index (χ0n) is 28.8. The maximum atomic E-state index is 16.2. The number of hydrogen-bond acceptors (Lipinski definition) is 2. The van der Waals surface area contributed by atoms with Crippen molar-refractivity contribution in [3.8, 4) is 10.4 Å². The first-order valence-corrected chi connectivity index (χ1v) is 18.4. The van der Waals surface area contributed by atoms with Crippen LogP contribution in [0.1, 0.15) is 72.4 Å². The predicted molar refractivity (Wildman–Crippen MR) is 206 cm³/mol. The second kappa shape index (κ2) is 14.2. The van der Waals surface area contributed by atoms with E-state index in [0.717, 1.165) is 69.3 Å². The number of thiophene rings is 1. The molecule has 1 atom stereocenters. The van der Waals surface area contributed by atoms with Crippen LogP contribution >= 0.6 is 24.0 Å². The Bertz CT molecular complexity index is 1930. The summed E-state index contributed by atoms with van der Waals surface area (Å²) in [5.74, 6) is -2.99. The summed E-state index contributed by atoms with van der Waals surface area (Å²) in [6, 6.07) is 27.2. The topological polar surface area (TPSA) is 0 Å². The van der Waals surface area contributed by atoms with Gasteiger partial charge in [-0.05, 0) is 94.2 Å². The van der Waals surface area contributed by atoms with E-state index in [1.165, 1.54) is 27.9 Å². The van der Waals surface area contributed by atoms with Crippen LogP contribution in [0.15, 0.2) is 131 Å². The largest absolute Gasteiger partial charge is 0.271 e. The Hall–Kier alpha value is -3.80. The Balaban J connectivity index is 1.87. The highest BCUT2D eigenvalue weighted by Crippen LogP contribution is 2.58. The van der Waals surface area contributed by atoms with Crippen molar-refractivity contribution in [2.45, 2.75) is 65.2 Å². The molecule has 5 heteroatoms. The summed E-state index contributed by atoms with van der Waals surface area (Å²) in [6.45, 7) is 8.29. The second-order valence-corrected chi connectivity index (χ2v) is 14.6. The molecule has 0 saturated heterocycles. The van der Waals surface area contributed by atoms with Gasteiger partial charge in [0.05, 0.1) is 5.41 Å². The van der Waals surface area contributed by atoms with E-state index in [-0.39, 0.29) is 11.1 Å². The molecule has 2 aliphatic rings. The molecule has 49 heavy (non-hydrogen) atoms. The van der Waals surface area contributed by atoms with E-state index >= 15 is 13.2 Å². The molecular weight excluding hydrogens is 650 g/mol. The van der Waals surface area contributed by atoms with Gasteiger partial charge in [-0.3, -0.25) is 0 Å². The first-order valence-electron chi connectivity index (χ1n) is 17.1. The van der Waals surface area contributed by atoms with E-state index in [2.05, 4.69) is 100 Å². The Labute approximate surface area is 298 Å². The average Bonchev–Trinajstić information content (AvgIpc) is 3.53. The van der Waals surface area contributed by atoms with Crippen molar-refractivity contribution in [3.63, 3.8) is 0 Å². The van der Waals surface area contributed by atoms with E-state index in [9.17, 15) is 0 Å². The van der Waals surface area contributed by atoms with Gasteiger partial charge in [0.1, 0.15) is 6.67 Å². The van der Waals surface area contributed by atoms with Gasteiger partial charge in [-0.1, -0.05) is 117 Å². The lowest BCUT2D eigenvalue weighted by Crippen LogP contribution is -2.35. The van der Waals surface area contributed by atoms with Gasteiger partial charge < -0.3 is 0 Å². The highest BCUT2D eigenvalue weighted by Gasteiger charge is 2.48. The van der Waals surface area contributed by atoms with Crippen molar-refractivity contribution in [1.82, 2.24) is 0 Å². The highest BCUT2D eigenvalue weighted by atomic mass is 32.1. The predicted octanol–water partition coefficient (Wildman–Crippen LogP) is 12.8. The van der Waals surface area contributed by atoms with Crippen molar-refractivity contribution >= 4 is 29.5 Å². The van der Waals surface area contributed by atoms with Gasteiger partial charge in [0.15, 0.2) is 0 Å². The fourth-order valence-corrected chi connectivity index (χ4v) is 8.85. The molecule has 6 rings (SSSR count). The molecule has 1 heterocycles. The van der Waals surface area contributed by atoms with E-state index in [1.807, 2.05) is 43.3 Å². The number of rotatable bonds is 8. The lowest BCUT2D eigenvalue weighted by molar-refractivity contribution is 0.0882. The monoisotopic (exact) mass is 692 g/mol. The molecule has 4 aromatic rings. The molecule has 0 saturated carbocycles. The van der Waals surface area contributed by atoms with Gasteiger partial charge in [0, 0.05) is 33.4 Å². The lowest BCUT2D eigenvalue weighted by Gasteiger charge is -2.41. The molecule has 0 bridgehead atoms. The summed E-state index contributed by atoms with van der Waals surface area (Å²) < 4.78 is 47.9. The summed E-state index contributed by atoms with van der Waals surface area (Å²) in [7, 11) is 0. The van der Waals surface area contributed by atoms with Crippen LogP contribution in [-0.2, 0) is 18.3 Å². The van der Waals surface area contributed by atoms with E-state index < -0.39 is 18.0 Å². The summed E-state index contributed by atoms with van der Waals surface area (Å²) in [6.07, 6.45) is 11.1. The third kappa shape index (κ3) is 6.48. The fourth-order valence-electron chi connectivity index (χ4n) is 7.20. The molecule has 0 fully saturated rings. The molecule has 0 radical (unpaired) electrons. The minimum Gasteiger partial charge on any atom is -0.246 e. The summed E-state index contributed by atoms with van der Waals surface area (Å²) in [5, 5.41) is 1.49. The van der Waals surface area contributed by atoms with Crippen LogP contribution in [0.2, 0.25) is 0 Å². The van der Waals surface area contributed by atoms with Crippen molar-refractivity contribution in [2.75, 3.05) is 6.67 Å². The molecular formula is C44H43F3S2. The molecule has 0 aliphatic heterocycles. The summed E-state index contributed by atoms with van der Waals surface area (Å²) in [4.78, 5) is 1.60. The standard InChI is InChI=1S/C44H43F3S2/c1-6-30-12-20-35(21-13-30)44(36-22-14-31(7-2)15-23-36)39(32-16-8-28(3)9-17-32)24-34(27-48)38(26-45)41(43(5,46)47)37-25-40(49-42(37)44)33-18-10-29(4)11-19-33/h8,10-25,27-28,48H,6-7,9,26H2,1-5H3/b34-27+,39-24-,41-38+. The number of aryl methyl sites for hydroxylation is 3. The Morgan fingerprint density at radius 3 is 1.98 bits per heavy atom. The average molecular weight is 693 g/mol. The van der Waals surface area contributed by atoms with Gasteiger partial charge >= 0.3 is 0 Å². The van der Waals surface area contributed by atoms with Gasteiger partial charge in [-0.15, -0.1) is 11.3 Å². The van der Waals surface area contributed by atoms with Gasteiger partial charge in [0.25, 0.3) is 5.92 Å². The molecule has 0 N–H and O–H groups in total. The van der Waals surface area contributed by atoms with Gasteiger partial charge in [-0.2, -0.15) is 12.6 Å². The minimum atomic E-state index is -3.35. The summed E-state index contributed by atoms with van der Waals surface area (Å²) >= 11 is 6.08. The van der Waals surface area contributed by atoms with Crippen molar-refractivity contribution in [1.29, 1.82) is 0 Å². The third-order valence-electron chi connectivity index (χ3n) is 9.96. The molecule has 252 valence electrons. The first-order chi connectivity index (χ1) is 23.5. The molecule has 1 unspecified atom stereocenters. The van der Waals surface area contributed by atoms with Gasteiger partial charge in [0.2, 0.25) is 0 Å². The SMILES string of the molecule is CCc1ccc(C2(c3ccc(CC)cc3)\C(C3=CCC(C)C=C3)=C/C(=C\S)C(/CF)=C(/C(C)(F)F)c3cc(-c4ccc(C)cc4)sc32)cc1. The molecule has 2 aliphatic carbocycles. The number of fused-ring (bicyclic) bond motifs is 1. The van der Waals surface area contributed by atoms with E-state index in [1.54, 1.807) is 0 Å². The third-order valence-corrected chi connectivity index (χ3v) is 11.5. The van der Waals surface area contributed by atoms with Gasteiger partial charge in [-0.25, -0.2) is 13.2 Å². The lowest BCUT2D eigenvalue weighted by atomic mass is 9.62.